The number of hydrogen-bond donors (Lipinski definition) is 0. The quantitative estimate of drug-likeness (QED) is 0.689. The number of ketones is 1. The van der Waals surface area contributed by atoms with Crippen molar-refractivity contribution in [1.29, 1.82) is 0 Å². The van der Waals surface area contributed by atoms with Gasteiger partial charge in [-0.1, -0.05) is 31.2 Å². The minimum Gasteiger partial charge on any atom is -0.497 e. The van der Waals surface area contributed by atoms with Crippen LogP contribution < -0.4 is 9.64 Å². The van der Waals surface area contributed by atoms with Crippen molar-refractivity contribution in [2.24, 2.45) is 0 Å². The van der Waals surface area contributed by atoms with E-state index < -0.39 is 0 Å². The number of carbonyl (C=O) groups excluding carboxylic acids is 2. The van der Waals surface area contributed by atoms with Gasteiger partial charge in [-0.15, -0.1) is 0 Å². The summed E-state index contributed by atoms with van der Waals surface area (Å²) in [6.07, 6.45) is 1.50. The third kappa shape index (κ3) is 4.91. The lowest BCUT2D eigenvalue weighted by molar-refractivity contribution is -0.131. The van der Waals surface area contributed by atoms with E-state index in [1.807, 2.05) is 53.4 Å². The first-order valence-corrected chi connectivity index (χ1v) is 9.89. The average Bonchev–Trinajstić information content (AvgIpc) is 2.77. The number of Topliss-reactive ketones (excluding diaryl/α,β-unsaturated/α-hetero) is 1. The van der Waals surface area contributed by atoms with Crippen LogP contribution in [0.15, 0.2) is 48.5 Å². The molecule has 0 atom stereocenters. The number of rotatable bonds is 7. The van der Waals surface area contributed by atoms with Crippen molar-refractivity contribution in [1.82, 2.24) is 4.90 Å². The summed E-state index contributed by atoms with van der Waals surface area (Å²) in [5.74, 6) is 0.937. The standard InChI is InChI=1S/C23H28N2O3/c1-3-18-4-6-19(7-5-18)22(26)12-13-23(27)25-16-14-24(15-17-25)20-8-10-21(28-2)11-9-20/h4-11H,3,12-17H2,1-2H3. The van der Waals surface area contributed by atoms with E-state index in [-0.39, 0.29) is 24.5 Å². The minimum atomic E-state index is 0.0351. The number of ether oxygens (including phenoxy) is 1. The molecule has 1 saturated heterocycles. The minimum absolute atomic E-state index is 0.0351. The Morgan fingerprint density at radius 3 is 2.11 bits per heavy atom. The van der Waals surface area contributed by atoms with Crippen molar-refractivity contribution in [2.75, 3.05) is 38.2 Å². The maximum Gasteiger partial charge on any atom is 0.223 e. The van der Waals surface area contributed by atoms with Crippen LogP contribution >= 0.6 is 0 Å². The van der Waals surface area contributed by atoms with Crippen molar-refractivity contribution >= 4 is 17.4 Å². The highest BCUT2D eigenvalue weighted by atomic mass is 16.5. The van der Waals surface area contributed by atoms with E-state index in [0.717, 1.165) is 30.9 Å². The molecule has 0 aromatic heterocycles. The Labute approximate surface area is 166 Å². The molecule has 0 N–H and O–H groups in total. The van der Waals surface area contributed by atoms with Gasteiger partial charge in [-0.2, -0.15) is 0 Å². The second-order valence-electron chi connectivity index (χ2n) is 7.04. The first kappa shape index (κ1) is 19.9. The fourth-order valence-electron chi connectivity index (χ4n) is 3.46. The second-order valence-corrected chi connectivity index (χ2v) is 7.04. The van der Waals surface area contributed by atoms with Gasteiger partial charge in [0.15, 0.2) is 5.78 Å². The molecule has 1 fully saturated rings. The number of aryl methyl sites for hydroxylation is 1. The van der Waals surface area contributed by atoms with Crippen LogP contribution in [0.1, 0.15) is 35.7 Å². The van der Waals surface area contributed by atoms with Crippen molar-refractivity contribution in [2.45, 2.75) is 26.2 Å². The highest BCUT2D eigenvalue weighted by Gasteiger charge is 2.22. The van der Waals surface area contributed by atoms with E-state index in [2.05, 4.69) is 11.8 Å². The van der Waals surface area contributed by atoms with Gasteiger partial charge in [-0.05, 0) is 36.2 Å². The monoisotopic (exact) mass is 380 g/mol. The summed E-state index contributed by atoms with van der Waals surface area (Å²) in [5.41, 5.74) is 3.04. The van der Waals surface area contributed by atoms with Gasteiger partial charge in [0.05, 0.1) is 7.11 Å². The van der Waals surface area contributed by atoms with Crippen LogP contribution in [0.5, 0.6) is 5.75 Å². The van der Waals surface area contributed by atoms with Gasteiger partial charge in [0.1, 0.15) is 5.75 Å². The molecule has 0 unspecified atom stereocenters. The van der Waals surface area contributed by atoms with E-state index in [4.69, 9.17) is 4.74 Å². The zero-order valence-corrected chi connectivity index (χ0v) is 16.7. The Morgan fingerprint density at radius 2 is 1.54 bits per heavy atom. The predicted octanol–water partition coefficient (Wildman–Crippen LogP) is 3.57. The number of anilines is 1. The molecule has 1 aliphatic rings. The fraction of sp³-hybridized carbons (Fsp3) is 0.391. The van der Waals surface area contributed by atoms with E-state index in [0.29, 0.717) is 18.7 Å². The van der Waals surface area contributed by atoms with Gasteiger partial charge in [0.25, 0.3) is 0 Å². The molecule has 2 aromatic rings. The van der Waals surface area contributed by atoms with Crippen LogP contribution in [0.25, 0.3) is 0 Å². The maximum atomic E-state index is 12.5. The molecule has 0 aliphatic carbocycles. The lowest BCUT2D eigenvalue weighted by Gasteiger charge is -2.36. The Kier molecular flexibility index (Phi) is 6.69. The third-order valence-electron chi connectivity index (χ3n) is 5.32. The Bertz CT molecular complexity index is 792. The third-order valence-corrected chi connectivity index (χ3v) is 5.32. The molecule has 0 saturated carbocycles. The van der Waals surface area contributed by atoms with Crippen LogP contribution in [0.4, 0.5) is 5.69 Å². The van der Waals surface area contributed by atoms with Crippen molar-refractivity contribution in [3.63, 3.8) is 0 Å². The fourth-order valence-corrected chi connectivity index (χ4v) is 3.46. The van der Waals surface area contributed by atoms with E-state index in [1.54, 1.807) is 7.11 Å². The first-order chi connectivity index (χ1) is 13.6. The van der Waals surface area contributed by atoms with E-state index in [9.17, 15) is 9.59 Å². The van der Waals surface area contributed by atoms with Crippen molar-refractivity contribution in [3.8, 4) is 5.75 Å². The predicted molar refractivity (Wildman–Crippen MR) is 111 cm³/mol. The van der Waals surface area contributed by atoms with Crippen LogP contribution in [0.2, 0.25) is 0 Å². The summed E-state index contributed by atoms with van der Waals surface area (Å²) in [6.45, 7) is 5.05. The van der Waals surface area contributed by atoms with Crippen LogP contribution in [-0.2, 0) is 11.2 Å². The number of carbonyl (C=O) groups is 2. The average molecular weight is 380 g/mol. The maximum absolute atomic E-state index is 12.5. The Morgan fingerprint density at radius 1 is 0.893 bits per heavy atom. The van der Waals surface area contributed by atoms with Crippen LogP contribution in [-0.4, -0.2) is 49.9 Å². The normalized spacial score (nSPS) is 14.1. The SMILES string of the molecule is CCc1ccc(C(=O)CCC(=O)N2CCN(c3ccc(OC)cc3)CC2)cc1. The highest BCUT2D eigenvalue weighted by Crippen LogP contribution is 2.21. The summed E-state index contributed by atoms with van der Waals surface area (Å²) in [6, 6.07) is 15.7. The van der Waals surface area contributed by atoms with Gasteiger partial charge < -0.3 is 14.5 Å². The molecule has 2 aromatic carbocycles. The molecule has 3 rings (SSSR count). The molecular weight excluding hydrogens is 352 g/mol. The first-order valence-electron chi connectivity index (χ1n) is 9.89. The van der Waals surface area contributed by atoms with Crippen LogP contribution in [0, 0.1) is 0 Å². The summed E-state index contributed by atoms with van der Waals surface area (Å²) >= 11 is 0. The molecule has 28 heavy (non-hydrogen) atoms. The van der Waals surface area contributed by atoms with Gasteiger partial charge >= 0.3 is 0 Å². The smallest absolute Gasteiger partial charge is 0.223 e. The lowest BCUT2D eigenvalue weighted by Crippen LogP contribution is -2.48. The number of nitrogens with zero attached hydrogens (tertiary/aromatic N) is 2. The molecule has 1 heterocycles. The number of piperazine rings is 1. The van der Waals surface area contributed by atoms with E-state index in [1.165, 1.54) is 5.56 Å². The zero-order valence-electron chi connectivity index (χ0n) is 16.7. The molecular formula is C23H28N2O3. The molecule has 5 nitrogen and oxygen atoms in total. The van der Waals surface area contributed by atoms with Gasteiger partial charge in [0.2, 0.25) is 5.91 Å². The Balaban J connectivity index is 1.46. The largest absolute Gasteiger partial charge is 0.497 e. The molecule has 1 amide bonds. The second kappa shape index (κ2) is 9.40. The summed E-state index contributed by atoms with van der Waals surface area (Å²) in [5, 5.41) is 0. The molecule has 148 valence electrons. The number of hydrogen-bond acceptors (Lipinski definition) is 4. The number of amides is 1. The summed E-state index contributed by atoms with van der Waals surface area (Å²) in [4.78, 5) is 29.0. The highest BCUT2D eigenvalue weighted by molar-refractivity contribution is 5.98. The van der Waals surface area contributed by atoms with Gasteiger partial charge in [-0.3, -0.25) is 9.59 Å². The molecule has 0 spiro atoms. The Hall–Kier alpha value is -2.82. The van der Waals surface area contributed by atoms with Gasteiger partial charge in [-0.25, -0.2) is 0 Å². The van der Waals surface area contributed by atoms with Crippen molar-refractivity contribution < 1.29 is 14.3 Å². The zero-order chi connectivity index (χ0) is 19.9. The van der Waals surface area contributed by atoms with Crippen molar-refractivity contribution in [3.05, 3.63) is 59.7 Å². The summed E-state index contributed by atoms with van der Waals surface area (Å²) < 4.78 is 5.20. The molecule has 1 aliphatic heterocycles. The molecule has 5 heteroatoms. The number of benzene rings is 2. The molecule has 0 bridgehead atoms. The lowest BCUT2D eigenvalue weighted by atomic mass is 10.0. The van der Waals surface area contributed by atoms with Gasteiger partial charge in [0, 0.05) is 50.3 Å². The van der Waals surface area contributed by atoms with E-state index >= 15 is 0 Å². The van der Waals surface area contributed by atoms with Crippen LogP contribution in [0.3, 0.4) is 0 Å². The molecule has 0 radical (unpaired) electrons. The summed E-state index contributed by atoms with van der Waals surface area (Å²) in [7, 11) is 1.66. The number of methoxy groups -OCH3 is 1. The topological polar surface area (TPSA) is 49.9 Å².